The summed E-state index contributed by atoms with van der Waals surface area (Å²) in [5, 5.41) is 0. The van der Waals surface area contributed by atoms with E-state index in [0.717, 1.165) is 0 Å². The topological polar surface area (TPSA) is 0 Å². The third kappa shape index (κ3) is 1.56. The molecule has 75 valence electrons. The molecular formula is C13H19Zr. The number of hydrogen-bond donors (Lipinski definition) is 0. The minimum atomic E-state index is -2.65. The van der Waals surface area contributed by atoms with Crippen LogP contribution in [0.25, 0.3) is 0 Å². The summed E-state index contributed by atoms with van der Waals surface area (Å²) < 4.78 is 11.1. The van der Waals surface area contributed by atoms with E-state index in [9.17, 15) is 0 Å². The molecule has 2 aliphatic carbocycles. The molecule has 0 nitrogen and oxygen atoms in total. The van der Waals surface area contributed by atoms with Gasteiger partial charge in [-0.25, -0.2) is 0 Å². The maximum atomic E-state index is 2.55. The average molecular weight is 267 g/mol. The van der Waals surface area contributed by atoms with Gasteiger partial charge in [-0.3, -0.25) is 0 Å². The van der Waals surface area contributed by atoms with E-state index in [-0.39, 0.29) is 0 Å². The second-order valence-electron chi connectivity index (χ2n) is 5.77. The molecule has 0 saturated heterocycles. The van der Waals surface area contributed by atoms with Crippen molar-refractivity contribution >= 4 is 0 Å². The van der Waals surface area contributed by atoms with Crippen LogP contribution in [0.15, 0.2) is 43.0 Å². The fourth-order valence-corrected chi connectivity index (χ4v) is 10.8. The van der Waals surface area contributed by atoms with E-state index in [0.29, 0.717) is 0 Å². The molecule has 1 heteroatoms. The molecule has 0 amide bonds. The van der Waals surface area contributed by atoms with Crippen LogP contribution in [0.2, 0.25) is 13.9 Å². The summed E-state index contributed by atoms with van der Waals surface area (Å²) in [6, 6.07) is 0. The zero-order valence-electron chi connectivity index (χ0n) is 9.38. The summed E-state index contributed by atoms with van der Waals surface area (Å²) in [5.41, 5.74) is 0. The van der Waals surface area contributed by atoms with Gasteiger partial charge in [-0.2, -0.15) is 0 Å². The van der Waals surface area contributed by atoms with E-state index in [2.05, 4.69) is 50.4 Å². The number of rotatable bonds is 2. The van der Waals surface area contributed by atoms with E-state index in [1.807, 2.05) is 0 Å². The zero-order chi connectivity index (χ0) is 10.3. The molecule has 0 aromatic carbocycles. The monoisotopic (exact) mass is 265 g/mol. The molecule has 0 unspecified atom stereocenters. The Morgan fingerprint density at radius 2 is 1.29 bits per heavy atom. The zero-order valence-corrected chi connectivity index (χ0v) is 11.8. The summed E-state index contributed by atoms with van der Waals surface area (Å²) in [6.07, 6.45) is 16.2. The normalized spacial score (nSPS) is 23.2. The van der Waals surface area contributed by atoms with Crippen molar-refractivity contribution in [2.45, 2.75) is 26.7 Å². The molecule has 0 spiro atoms. The molecule has 0 saturated carbocycles. The molecular weight excluding hydrogens is 247 g/mol. The van der Waals surface area contributed by atoms with E-state index < -0.39 is 18.8 Å². The Labute approximate surface area is 88.2 Å². The van der Waals surface area contributed by atoms with Crippen molar-refractivity contribution in [1.82, 2.24) is 0 Å². The van der Waals surface area contributed by atoms with Crippen molar-refractivity contribution in [1.29, 1.82) is 0 Å². The van der Waals surface area contributed by atoms with E-state index >= 15 is 0 Å². The van der Waals surface area contributed by atoms with Crippen molar-refractivity contribution in [3.05, 3.63) is 43.0 Å². The Morgan fingerprint density at radius 3 is 1.57 bits per heavy atom. The van der Waals surface area contributed by atoms with Gasteiger partial charge < -0.3 is 0 Å². The van der Waals surface area contributed by atoms with Crippen LogP contribution in [0.4, 0.5) is 0 Å². The number of hydrogen-bond acceptors (Lipinski definition) is 0. The van der Waals surface area contributed by atoms with Gasteiger partial charge in [0.1, 0.15) is 0 Å². The average Bonchev–Trinajstić information content (AvgIpc) is 2.78. The number of allylic oxidation sites excluding steroid dienone is 8. The first-order chi connectivity index (χ1) is 6.49. The standard InChI is InChI=1S/2C5H5.3CH3.Zr/c2*1-2-4-5-3-1;;;;/h2*1-3H,4H2;3*1H3;. The molecule has 0 heterocycles. The quantitative estimate of drug-likeness (QED) is 0.690. The van der Waals surface area contributed by atoms with Crippen LogP contribution in [0.5, 0.6) is 0 Å². The Bertz CT molecular complexity index is 336. The summed E-state index contributed by atoms with van der Waals surface area (Å²) in [5.74, 6) is 0. The van der Waals surface area contributed by atoms with Gasteiger partial charge in [0.05, 0.1) is 0 Å². The summed E-state index contributed by atoms with van der Waals surface area (Å²) in [6.45, 7) is 0. The van der Waals surface area contributed by atoms with Crippen molar-refractivity contribution in [3.8, 4) is 0 Å². The fourth-order valence-electron chi connectivity index (χ4n) is 2.40. The molecule has 2 aliphatic rings. The van der Waals surface area contributed by atoms with Gasteiger partial charge in [0.2, 0.25) is 0 Å². The van der Waals surface area contributed by atoms with Crippen LogP contribution in [0, 0.1) is 0 Å². The third-order valence-electron chi connectivity index (χ3n) is 3.79. The predicted octanol–water partition coefficient (Wildman–Crippen LogP) is 4.51. The van der Waals surface area contributed by atoms with Crippen LogP contribution in [0.1, 0.15) is 12.8 Å². The van der Waals surface area contributed by atoms with Gasteiger partial charge in [-0.15, -0.1) is 0 Å². The van der Waals surface area contributed by atoms with Crippen molar-refractivity contribution in [2.75, 3.05) is 0 Å². The Morgan fingerprint density at radius 1 is 0.857 bits per heavy atom. The molecule has 0 aromatic heterocycles. The van der Waals surface area contributed by atoms with Crippen LogP contribution in [-0.4, -0.2) is 0 Å². The molecule has 0 aromatic rings. The Hall–Kier alpha value is -0.157. The van der Waals surface area contributed by atoms with Crippen LogP contribution in [-0.2, 0) is 18.8 Å². The summed E-state index contributed by atoms with van der Waals surface area (Å²) in [7, 11) is 0. The van der Waals surface area contributed by atoms with Crippen molar-refractivity contribution in [3.63, 3.8) is 0 Å². The van der Waals surface area contributed by atoms with Crippen LogP contribution < -0.4 is 0 Å². The van der Waals surface area contributed by atoms with Gasteiger partial charge in [0.15, 0.2) is 0 Å². The molecule has 0 aliphatic heterocycles. The molecule has 0 bridgehead atoms. The van der Waals surface area contributed by atoms with Crippen molar-refractivity contribution < 1.29 is 18.8 Å². The molecule has 0 fully saturated rings. The Kier molecular flexibility index (Phi) is 2.35. The molecule has 14 heavy (non-hydrogen) atoms. The van der Waals surface area contributed by atoms with Crippen LogP contribution >= 0.6 is 0 Å². The van der Waals surface area contributed by atoms with Gasteiger partial charge >= 0.3 is 88.5 Å². The fraction of sp³-hybridized carbons (Fsp3) is 0.385. The molecule has 0 atom stereocenters. The minimum absolute atomic E-state index is 1.20. The first kappa shape index (κ1) is 10.4. The third-order valence-corrected chi connectivity index (χ3v) is 16.7. The molecule has 2 rings (SSSR count). The maximum absolute atomic E-state index is 2.65. The summed E-state index contributed by atoms with van der Waals surface area (Å²) in [4.78, 5) is 0. The van der Waals surface area contributed by atoms with Gasteiger partial charge in [0.25, 0.3) is 0 Å². The van der Waals surface area contributed by atoms with E-state index in [1.54, 1.807) is 6.56 Å². The van der Waals surface area contributed by atoms with E-state index in [4.69, 9.17) is 0 Å². The van der Waals surface area contributed by atoms with Crippen LogP contribution in [0.3, 0.4) is 0 Å². The van der Waals surface area contributed by atoms with Gasteiger partial charge in [0, 0.05) is 0 Å². The first-order valence-corrected chi connectivity index (χ1v) is 15.3. The van der Waals surface area contributed by atoms with Gasteiger partial charge in [-0.1, -0.05) is 0 Å². The second-order valence-corrected chi connectivity index (χ2v) is 24.3. The van der Waals surface area contributed by atoms with Gasteiger partial charge in [-0.05, 0) is 0 Å². The first-order valence-electron chi connectivity index (χ1n) is 5.43. The summed E-state index contributed by atoms with van der Waals surface area (Å²) >= 11 is -2.65. The molecule has 0 N–H and O–H groups in total. The molecule has 0 radical (unpaired) electrons. The predicted molar refractivity (Wildman–Crippen MR) is 61.3 cm³/mol. The second kappa shape index (κ2) is 3.17. The SMILES string of the molecule is [CH3][Zr]([CH3])([CH3])([C]1=CC=CC1)[C]1=CC=CC1. The van der Waals surface area contributed by atoms with Crippen molar-refractivity contribution in [2.24, 2.45) is 0 Å². The van der Waals surface area contributed by atoms with E-state index in [1.165, 1.54) is 12.8 Å². The Balaban J connectivity index is 2.36.